The molecule has 2 N–H and O–H groups in total. The molecular formula is C15H17N3O4S. The van der Waals surface area contributed by atoms with E-state index in [1.165, 1.54) is 11.0 Å². The smallest absolute Gasteiger partial charge is 0.335 e. The number of nitrogens with zero attached hydrogens (tertiary/aromatic N) is 2. The van der Waals surface area contributed by atoms with Crippen LogP contribution in [0, 0.1) is 0 Å². The zero-order chi connectivity index (χ0) is 16.4. The van der Waals surface area contributed by atoms with Crippen LogP contribution >= 0.6 is 11.8 Å². The lowest BCUT2D eigenvalue weighted by Gasteiger charge is -2.34. The Labute approximate surface area is 137 Å². The fraction of sp³-hybridized carbons (Fsp3) is 0.400. The summed E-state index contributed by atoms with van der Waals surface area (Å²) in [6.07, 6.45) is 0.207. The molecule has 0 unspecified atom stereocenters. The van der Waals surface area contributed by atoms with Crippen LogP contribution in [0.5, 0.6) is 0 Å². The van der Waals surface area contributed by atoms with Gasteiger partial charge >= 0.3 is 12.0 Å². The molecule has 2 fully saturated rings. The van der Waals surface area contributed by atoms with Gasteiger partial charge in [-0.1, -0.05) is 0 Å². The largest absolute Gasteiger partial charge is 0.478 e. The normalized spacial score (nSPS) is 18.8. The van der Waals surface area contributed by atoms with Crippen LogP contribution in [0.3, 0.4) is 0 Å². The zero-order valence-corrected chi connectivity index (χ0v) is 13.3. The summed E-state index contributed by atoms with van der Waals surface area (Å²) < 4.78 is 0. The Hall–Kier alpha value is -2.22. The van der Waals surface area contributed by atoms with E-state index in [4.69, 9.17) is 0 Å². The standard InChI is InChI=1S/C15H17N3O4S/c19-13-3-4-18(15(22)16-13)12-9-10(14(20)21)1-2-11(12)17-5-7-23-8-6-17/h1-2,9H,3-8H2,(H,20,21)(H,16,19,22). The summed E-state index contributed by atoms with van der Waals surface area (Å²) in [5.41, 5.74) is 1.50. The molecule has 2 saturated heterocycles. The molecule has 0 bridgehead atoms. The van der Waals surface area contributed by atoms with Crippen LogP contribution in [0.15, 0.2) is 18.2 Å². The first-order chi connectivity index (χ1) is 11.1. The summed E-state index contributed by atoms with van der Waals surface area (Å²) in [5, 5.41) is 11.5. The first-order valence-corrected chi connectivity index (χ1v) is 8.53. The first-order valence-electron chi connectivity index (χ1n) is 7.37. The SMILES string of the molecule is O=C1CCN(c2cc(C(=O)O)ccc2N2CCSCC2)C(=O)N1. The second-order valence-electron chi connectivity index (χ2n) is 5.36. The molecule has 2 aliphatic rings. The Morgan fingerprint density at radius 3 is 2.52 bits per heavy atom. The van der Waals surface area contributed by atoms with Crippen molar-refractivity contribution in [3.8, 4) is 0 Å². The molecule has 23 heavy (non-hydrogen) atoms. The molecule has 122 valence electrons. The molecule has 0 aromatic heterocycles. The number of rotatable bonds is 3. The third kappa shape index (κ3) is 3.26. The Morgan fingerprint density at radius 1 is 1.13 bits per heavy atom. The number of anilines is 2. The summed E-state index contributed by atoms with van der Waals surface area (Å²) in [5.74, 6) is 0.632. The van der Waals surface area contributed by atoms with Gasteiger partial charge < -0.3 is 10.0 Å². The topological polar surface area (TPSA) is 90.0 Å². The van der Waals surface area contributed by atoms with Crippen LogP contribution in [0.1, 0.15) is 16.8 Å². The predicted octanol–water partition coefficient (Wildman–Crippen LogP) is 1.38. The number of carboxylic acids is 1. The number of hydrogen-bond donors (Lipinski definition) is 2. The Kier molecular flexibility index (Phi) is 4.42. The molecule has 0 atom stereocenters. The molecule has 8 heteroatoms. The number of benzene rings is 1. The summed E-state index contributed by atoms with van der Waals surface area (Å²) in [6.45, 7) is 1.94. The number of aromatic carboxylic acids is 1. The van der Waals surface area contributed by atoms with Crippen LogP contribution < -0.4 is 15.1 Å². The summed E-state index contributed by atoms with van der Waals surface area (Å²) >= 11 is 1.87. The maximum Gasteiger partial charge on any atom is 0.335 e. The molecular weight excluding hydrogens is 318 g/mol. The van der Waals surface area contributed by atoms with Crippen molar-refractivity contribution in [1.82, 2.24) is 5.32 Å². The number of carboxylic acid groups (broad SMARTS) is 1. The van der Waals surface area contributed by atoms with Crippen LogP contribution in [0.2, 0.25) is 0 Å². The molecule has 1 aromatic carbocycles. The monoisotopic (exact) mass is 335 g/mol. The highest BCUT2D eigenvalue weighted by atomic mass is 32.2. The van der Waals surface area contributed by atoms with E-state index in [9.17, 15) is 19.5 Å². The minimum Gasteiger partial charge on any atom is -0.478 e. The predicted molar refractivity (Wildman–Crippen MR) is 88.4 cm³/mol. The number of imide groups is 1. The number of carbonyl (C=O) groups excluding carboxylic acids is 2. The molecule has 1 aromatic rings. The molecule has 3 rings (SSSR count). The van der Waals surface area contributed by atoms with Crippen molar-refractivity contribution >= 4 is 41.0 Å². The van der Waals surface area contributed by atoms with Crippen LogP contribution in [0.25, 0.3) is 0 Å². The van der Waals surface area contributed by atoms with E-state index in [2.05, 4.69) is 10.2 Å². The second kappa shape index (κ2) is 6.49. The highest BCUT2D eigenvalue weighted by Gasteiger charge is 2.28. The van der Waals surface area contributed by atoms with E-state index in [1.807, 2.05) is 11.8 Å². The zero-order valence-electron chi connectivity index (χ0n) is 12.4. The molecule has 0 saturated carbocycles. The lowest BCUT2D eigenvalue weighted by Crippen LogP contribution is -2.50. The Morgan fingerprint density at radius 2 is 1.87 bits per heavy atom. The van der Waals surface area contributed by atoms with Gasteiger partial charge in [-0.05, 0) is 18.2 Å². The van der Waals surface area contributed by atoms with E-state index in [0.717, 1.165) is 30.3 Å². The van der Waals surface area contributed by atoms with Crippen molar-refractivity contribution in [2.24, 2.45) is 0 Å². The number of urea groups is 1. The summed E-state index contributed by atoms with van der Waals surface area (Å²) in [7, 11) is 0. The number of thioether (sulfide) groups is 1. The van der Waals surface area contributed by atoms with Gasteiger partial charge in [-0.3, -0.25) is 15.0 Å². The Bertz CT molecular complexity index is 658. The van der Waals surface area contributed by atoms with Crippen molar-refractivity contribution in [2.75, 3.05) is 40.9 Å². The average Bonchev–Trinajstić information content (AvgIpc) is 2.55. The fourth-order valence-corrected chi connectivity index (χ4v) is 3.64. The van der Waals surface area contributed by atoms with Gasteiger partial charge in [0, 0.05) is 37.6 Å². The lowest BCUT2D eigenvalue weighted by atomic mass is 10.1. The van der Waals surface area contributed by atoms with Gasteiger partial charge in [0.2, 0.25) is 5.91 Å². The maximum atomic E-state index is 12.1. The Balaban J connectivity index is 2.00. The number of amides is 3. The van der Waals surface area contributed by atoms with E-state index in [0.29, 0.717) is 5.69 Å². The van der Waals surface area contributed by atoms with E-state index in [1.54, 1.807) is 12.1 Å². The molecule has 0 aliphatic carbocycles. The van der Waals surface area contributed by atoms with E-state index in [-0.39, 0.29) is 24.4 Å². The number of carbonyl (C=O) groups is 3. The van der Waals surface area contributed by atoms with Gasteiger partial charge in [-0.15, -0.1) is 0 Å². The van der Waals surface area contributed by atoms with Crippen molar-refractivity contribution in [3.63, 3.8) is 0 Å². The highest BCUT2D eigenvalue weighted by molar-refractivity contribution is 7.99. The van der Waals surface area contributed by atoms with E-state index < -0.39 is 12.0 Å². The maximum absolute atomic E-state index is 12.1. The second-order valence-corrected chi connectivity index (χ2v) is 6.59. The molecule has 0 radical (unpaired) electrons. The van der Waals surface area contributed by atoms with Gasteiger partial charge in [0.25, 0.3) is 0 Å². The molecule has 7 nitrogen and oxygen atoms in total. The van der Waals surface area contributed by atoms with Gasteiger partial charge in [-0.2, -0.15) is 11.8 Å². The van der Waals surface area contributed by atoms with Gasteiger partial charge in [-0.25, -0.2) is 9.59 Å². The molecule has 2 aliphatic heterocycles. The molecule has 3 amide bonds. The molecule has 0 spiro atoms. The highest BCUT2D eigenvalue weighted by Crippen LogP contribution is 2.33. The van der Waals surface area contributed by atoms with Crippen LogP contribution in [-0.4, -0.2) is 54.2 Å². The number of nitrogens with one attached hydrogen (secondary N) is 1. The average molecular weight is 335 g/mol. The lowest BCUT2D eigenvalue weighted by molar-refractivity contribution is -0.120. The van der Waals surface area contributed by atoms with Crippen molar-refractivity contribution in [2.45, 2.75) is 6.42 Å². The minimum absolute atomic E-state index is 0.125. The van der Waals surface area contributed by atoms with Gasteiger partial charge in [0.15, 0.2) is 0 Å². The number of hydrogen-bond acceptors (Lipinski definition) is 5. The quantitative estimate of drug-likeness (QED) is 0.867. The van der Waals surface area contributed by atoms with Crippen molar-refractivity contribution in [3.05, 3.63) is 23.8 Å². The third-order valence-electron chi connectivity index (χ3n) is 3.92. The fourth-order valence-electron chi connectivity index (χ4n) is 2.74. The van der Waals surface area contributed by atoms with Crippen LogP contribution in [-0.2, 0) is 4.79 Å². The van der Waals surface area contributed by atoms with Gasteiger partial charge in [0.05, 0.1) is 16.9 Å². The van der Waals surface area contributed by atoms with Crippen molar-refractivity contribution < 1.29 is 19.5 Å². The summed E-state index contributed by atoms with van der Waals surface area (Å²) in [4.78, 5) is 38.4. The van der Waals surface area contributed by atoms with Crippen molar-refractivity contribution in [1.29, 1.82) is 0 Å². The molecule has 2 heterocycles. The van der Waals surface area contributed by atoms with E-state index >= 15 is 0 Å². The minimum atomic E-state index is -1.04. The third-order valence-corrected chi connectivity index (χ3v) is 4.86. The first kappa shape index (κ1) is 15.7. The van der Waals surface area contributed by atoms with Crippen LogP contribution in [0.4, 0.5) is 16.2 Å². The summed E-state index contributed by atoms with van der Waals surface area (Å²) in [6, 6.07) is 4.31. The van der Waals surface area contributed by atoms with Gasteiger partial charge in [0.1, 0.15) is 0 Å².